The van der Waals surface area contributed by atoms with Crippen molar-refractivity contribution in [3.05, 3.63) is 71.8 Å². The zero-order chi connectivity index (χ0) is 43.6. The number of primary amides is 1. The van der Waals surface area contributed by atoms with E-state index in [9.17, 15) is 33.6 Å². The van der Waals surface area contributed by atoms with Gasteiger partial charge in [0.05, 0.1) is 12.1 Å². The first-order valence-corrected chi connectivity index (χ1v) is 19.9. The van der Waals surface area contributed by atoms with Crippen LogP contribution in [0.5, 0.6) is 0 Å². The van der Waals surface area contributed by atoms with E-state index < -0.39 is 103 Å². The van der Waals surface area contributed by atoms with Crippen LogP contribution in [-0.4, -0.2) is 108 Å². The highest BCUT2D eigenvalue weighted by atomic mass is 16.7. The normalized spacial score (nSPS) is 20.3. The minimum absolute atomic E-state index is 0.0228. The second kappa shape index (κ2) is 23.9. The molecule has 0 aromatic heterocycles. The van der Waals surface area contributed by atoms with Gasteiger partial charge < -0.3 is 50.1 Å². The van der Waals surface area contributed by atoms with Crippen LogP contribution < -0.4 is 16.8 Å². The topological polar surface area (TPSA) is 242 Å². The molecule has 1 fully saturated rings. The molecule has 2 unspecified atom stereocenters. The largest absolute Gasteiger partial charge is 0.463 e. The van der Waals surface area contributed by atoms with Crippen molar-refractivity contribution >= 4 is 41.6 Å². The Morgan fingerprint density at radius 3 is 1.86 bits per heavy atom. The lowest BCUT2D eigenvalue weighted by Crippen LogP contribution is -2.67. The van der Waals surface area contributed by atoms with Crippen molar-refractivity contribution in [1.29, 1.82) is 0 Å². The number of hydrogen-bond acceptors (Lipinski definition) is 14. The minimum atomic E-state index is -1.50. The number of hydrogen-bond donors (Lipinski definition) is 3. The fraction of sp³-hybridized carbons (Fsp3) is 0.548. The number of esters is 4. The number of rotatable bonds is 22. The van der Waals surface area contributed by atoms with Crippen molar-refractivity contribution < 1.29 is 62.0 Å². The van der Waals surface area contributed by atoms with Crippen LogP contribution in [0.25, 0.3) is 0 Å². The summed E-state index contributed by atoms with van der Waals surface area (Å²) in [6, 6.07) is 14.5. The Kier molecular flexibility index (Phi) is 19.4. The molecule has 0 bridgehead atoms. The van der Waals surface area contributed by atoms with Gasteiger partial charge in [-0.1, -0.05) is 88.4 Å². The summed E-state index contributed by atoms with van der Waals surface area (Å²) in [6.45, 7) is 8.34. The predicted octanol–water partition coefficient (Wildman–Crippen LogP) is 2.75. The van der Waals surface area contributed by atoms with E-state index in [0.717, 1.165) is 16.0 Å². The molecule has 1 heterocycles. The molecule has 3 amide bonds. The van der Waals surface area contributed by atoms with Gasteiger partial charge >= 0.3 is 23.9 Å². The lowest BCUT2D eigenvalue weighted by molar-refractivity contribution is -0.280. The van der Waals surface area contributed by atoms with E-state index in [1.165, 1.54) is 6.92 Å². The Balaban J connectivity index is 1.97. The van der Waals surface area contributed by atoms with Crippen LogP contribution in [0, 0.1) is 0 Å². The summed E-state index contributed by atoms with van der Waals surface area (Å²) < 4.78 is 35.1. The van der Waals surface area contributed by atoms with Crippen LogP contribution in [0.2, 0.25) is 0 Å². The van der Waals surface area contributed by atoms with E-state index in [4.69, 9.17) is 39.9 Å². The number of nitrogens with two attached hydrogens (primary N) is 2. The molecule has 0 radical (unpaired) electrons. The molecule has 0 spiro atoms. The van der Waals surface area contributed by atoms with E-state index >= 15 is 0 Å². The molecule has 2 aromatic carbocycles. The van der Waals surface area contributed by atoms with Gasteiger partial charge in [0.25, 0.3) is 0 Å². The van der Waals surface area contributed by atoms with Gasteiger partial charge in [0.2, 0.25) is 24.0 Å². The summed E-state index contributed by atoms with van der Waals surface area (Å²) in [6.07, 6.45) is -7.71. The molecule has 8 atom stereocenters. The second-order valence-electron chi connectivity index (χ2n) is 14.0. The second-order valence-corrected chi connectivity index (χ2v) is 14.0. The monoisotopic (exact) mass is 826 g/mol. The van der Waals surface area contributed by atoms with Gasteiger partial charge in [-0.15, -0.1) is 0 Å². The van der Waals surface area contributed by atoms with Gasteiger partial charge in [-0.05, 0) is 30.9 Å². The zero-order valence-electron chi connectivity index (χ0n) is 34.5. The van der Waals surface area contributed by atoms with E-state index in [2.05, 4.69) is 5.32 Å². The van der Waals surface area contributed by atoms with Gasteiger partial charge in [0.1, 0.15) is 30.9 Å². The van der Waals surface area contributed by atoms with E-state index in [0.29, 0.717) is 0 Å². The molecular formula is C42H58N4O13. The van der Waals surface area contributed by atoms with Crippen molar-refractivity contribution in [2.24, 2.45) is 11.5 Å². The molecule has 3 rings (SSSR count). The maximum atomic E-state index is 13.9. The Bertz CT molecular complexity index is 1670. The molecule has 0 aliphatic carbocycles. The third-order valence-electron chi connectivity index (χ3n) is 9.47. The average Bonchev–Trinajstić information content (AvgIpc) is 3.23. The quantitative estimate of drug-likeness (QED) is 0.114. The number of nitrogens with zero attached hydrogens (tertiary/aromatic N) is 1. The molecule has 1 aliphatic rings. The number of carbonyl (C=O) groups is 7. The number of carbonyl (C=O) groups excluding carboxylic acids is 7. The molecule has 17 heteroatoms. The first kappa shape index (κ1) is 48.0. The summed E-state index contributed by atoms with van der Waals surface area (Å²) in [5, 5.41) is 2.66. The van der Waals surface area contributed by atoms with E-state index in [1.54, 1.807) is 34.6 Å². The third-order valence-corrected chi connectivity index (χ3v) is 9.47. The Morgan fingerprint density at radius 1 is 0.797 bits per heavy atom. The Labute approximate surface area is 344 Å². The van der Waals surface area contributed by atoms with Crippen molar-refractivity contribution in [3.8, 4) is 0 Å². The highest BCUT2D eigenvalue weighted by Crippen LogP contribution is 2.30. The lowest BCUT2D eigenvalue weighted by atomic mass is 9.95. The van der Waals surface area contributed by atoms with Gasteiger partial charge in [0, 0.05) is 39.2 Å². The first-order valence-electron chi connectivity index (χ1n) is 19.9. The van der Waals surface area contributed by atoms with Crippen LogP contribution in [0.15, 0.2) is 60.7 Å². The molecular weight excluding hydrogens is 768 g/mol. The predicted molar refractivity (Wildman–Crippen MR) is 211 cm³/mol. The van der Waals surface area contributed by atoms with Crippen LogP contribution >= 0.6 is 0 Å². The lowest BCUT2D eigenvalue weighted by Gasteiger charge is -2.46. The van der Waals surface area contributed by atoms with Crippen LogP contribution in [0.1, 0.15) is 97.3 Å². The SMILES string of the molecule is CCC(=O)OC[C@H]1O[C@H](OC(=O)CC)[C@H](NC(C)=O)[C@@H](OC(C)CN(C(=O)C(N)CC)[C@H](CCC(=O)OC(c2ccccc2)c2ccccc2)C(N)=O)[C@@H]1OC(=O)CC. The maximum Gasteiger partial charge on any atom is 0.307 e. The van der Waals surface area contributed by atoms with Crippen LogP contribution in [0.4, 0.5) is 0 Å². The molecule has 0 saturated carbocycles. The van der Waals surface area contributed by atoms with Gasteiger partial charge in [-0.3, -0.25) is 33.6 Å². The van der Waals surface area contributed by atoms with Crippen molar-refractivity contribution in [2.75, 3.05) is 13.2 Å². The average molecular weight is 827 g/mol. The van der Waals surface area contributed by atoms with E-state index in [1.807, 2.05) is 60.7 Å². The molecule has 1 saturated heterocycles. The third kappa shape index (κ3) is 14.4. The summed E-state index contributed by atoms with van der Waals surface area (Å²) in [4.78, 5) is 91.8. The zero-order valence-corrected chi connectivity index (χ0v) is 34.5. The molecule has 2 aromatic rings. The fourth-order valence-corrected chi connectivity index (χ4v) is 6.38. The standard InChI is InChI=1S/C42H58N4O13/c1-7-29(43)41(53)46(30(40(44)52)21-22-35(51)58-37(27-17-13-11-14-18-27)28-19-15-12-16-20-28)23-25(5)55-39-36(45-26(6)47)42(59-34(50)10-4)56-31(24-54-32(48)8-2)38(39)57-33(49)9-3/h11-20,25,29-31,36-39,42H,7-10,21-24,43H2,1-6H3,(H2,44,52)(H,45,47)/t25?,29?,30-,31-,36-,38-,39-,42-/m1/s1. The number of ether oxygens (including phenoxy) is 6. The summed E-state index contributed by atoms with van der Waals surface area (Å²) in [7, 11) is 0. The first-order chi connectivity index (χ1) is 28.1. The van der Waals surface area contributed by atoms with Gasteiger partial charge in [-0.2, -0.15) is 0 Å². The highest BCUT2D eigenvalue weighted by Gasteiger charge is 2.52. The fourth-order valence-electron chi connectivity index (χ4n) is 6.38. The Hall–Kier alpha value is -5.39. The number of benzene rings is 2. The number of amides is 3. The van der Waals surface area contributed by atoms with Crippen molar-refractivity contribution in [3.63, 3.8) is 0 Å². The summed E-state index contributed by atoms with van der Waals surface area (Å²) >= 11 is 0. The molecule has 59 heavy (non-hydrogen) atoms. The van der Waals surface area contributed by atoms with Crippen LogP contribution in [0.3, 0.4) is 0 Å². The maximum absolute atomic E-state index is 13.9. The van der Waals surface area contributed by atoms with Crippen molar-refractivity contribution in [1.82, 2.24) is 10.2 Å². The molecule has 17 nitrogen and oxygen atoms in total. The van der Waals surface area contributed by atoms with Crippen molar-refractivity contribution in [2.45, 2.75) is 135 Å². The smallest absolute Gasteiger partial charge is 0.307 e. The van der Waals surface area contributed by atoms with Gasteiger partial charge in [-0.25, -0.2) is 0 Å². The van der Waals surface area contributed by atoms with Gasteiger partial charge in [0.15, 0.2) is 12.2 Å². The minimum Gasteiger partial charge on any atom is -0.463 e. The molecule has 324 valence electrons. The van der Waals surface area contributed by atoms with Crippen LogP contribution in [-0.2, 0) is 62.0 Å². The summed E-state index contributed by atoms with van der Waals surface area (Å²) in [5.41, 5.74) is 13.6. The number of nitrogens with one attached hydrogen (secondary N) is 1. The molecule has 5 N–H and O–H groups in total. The highest BCUT2D eigenvalue weighted by molar-refractivity contribution is 5.89. The molecule has 1 aliphatic heterocycles. The summed E-state index contributed by atoms with van der Waals surface area (Å²) in [5.74, 6) is -4.81. The van der Waals surface area contributed by atoms with E-state index in [-0.39, 0.29) is 45.1 Å². The Morgan fingerprint density at radius 2 is 1.36 bits per heavy atom.